The predicted molar refractivity (Wildman–Crippen MR) is 33.2 cm³/mol. The molecule has 0 amide bonds. The van der Waals surface area contributed by atoms with Crippen molar-refractivity contribution in [1.29, 1.82) is 0 Å². The normalized spacial score (nSPS) is 12.0. The van der Waals surface area contributed by atoms with Gasteiger partial charge in [-0.25, -0.2) is 0 Å². The van der Waals surface area contributed by atoms with E-state index in [9.17, 15) is 0 Å². The molecule has 7 heavy (non-hydrogen) atoms. The number of rotatable bonds is 2. The number of hydrogen-bond donors (Lipinski definition) is 0. The summed E-state index contributed by atoms with van der Waals surface area (Å²) in [6, 6.07) is 0. The van der Waals surface area contributed by atoms with Gasteiger partial charge in [0, 0.05) is 0 Å². The second kappa shape index (κ2) is 2.31. The van der Waals surface area contributed by atoms with Crippen LogP contribution in [0.25, 0.3) is 0 Å². The summed E-state index contributed by atoms with van der Waals surface area (Å²) in [6.45, 7) is 6.89. The van der Waals surface area contributed by atoms with Gasteiger partial charge in [0.2, 0.25) is 0 Å². The predicted octanol–water partition coefficient (Wildman–Crippen LogP) is 1.10. The Morgan fingerprint density at radius 3 is 1.29 bits per heavy atom. The lowest BCUT2D eigenvalue weighted by Crippen LogP contribution is -2.38. The molecule has 44 valence electrons. The van der Waals surface area contributed by atoms with Crippen LogP contribution in [0.3, 0.4) is 0 Å². The van der Waals surface area contributed by atoms with Crippen molar-refractivity contribution in [3.05, 3.63) is 0 Å². The summed E-state index contributed by atoms with van der Waals surface area (Å²) >= 11 is 0. The average Bonchev–Trinajstić information content (AvgIpc) is 1.68. The third-order valence-corrected chi connectivity index (χ3v) is 1.71. The Kier molecular flexibility index (Phi) is 2.30. The highest BCUT2D eigenvalue weighted by Crippen LogP contribution is 1.91. The fourth-order valence-electron chi connectivity index (χ4n) is 0.224. The van der Waals surface area contributed by atoms with Crippen molar-refractivity contribution in [2.45, 2.75) is 13.8 Å². The molecule has 0 aromatic carbocycles. The fourth-order valence-corrected chi connectivity index (χ4v) is 0.224. The largest absolute Gasteiger partial charge is 0.329 e. The maximum atomic E-state index is 2.24. The molecular weight excluding hydrogens is 86.1 g/mol. The van der Waals surface area contributed by atoms with Crippen molar-refractivity contribution in [2.24, 2.45) is 0 Å². The van der Waals surface area contributed by atoms with Crippen LogP contribution in [0.15, 0.2) is 0 Å². The van der Waals surface area contributed by atoms with E-state index in [0.29, 0.717) is 0 Å². The molecule has 1 nitrogen and oxygen atoms in total. The lowest BCUT2D eigenvalue weighted by atomic mass is 10.5. The molecule has 0 saturated heterocycles. The van der Waals surface area contributed by atoms with Crippen LogP contribution in [0.1, 0.15) is 13.8 Å². The molecule has 0 unspecified atom stereocenters. The van der Waals surface area contributed by atoms with Gasteiger partial charge >= 0.3 is 0 Å². The van der Waals surface area contributed by atoms with E-state index in [2.05, 4.69) is 27.9 Å². The lowest BCUT2D eigenvalue weighted by Gasteiger charge is -2.25. The molecule has 0 fully saturated rings. The molecular formula is C6H16N+. The molecule has 1 heteroatoms. The van der Waals surface area contributed by atoms with Crippen LogP contribution in [-0.4, -0.2) is 31.7 Å². The molecule has 0 aliphatic heterocycles. The Hall–Kier alpha value is -0.0400. The van der Waals surface area contributed by atoms with Crippen molar-refractivity contribution in [3.63, 3.8) is 0 Å². The Labute approximate surface area is 46.5 Å². The van der Waals surface area contributed by atoms with Crippen LogP contribution in [0.4, 0.5) is 0 Å². The lowest BCUT2D eigenvalue weighted by molar-refractivity contribution is -0.886. The van der Waals surface area contributed by atoms with Crippen molar-refractivity contribution in [2.75, 3.05) is 27.2 Å². The monoisotopic (exact) mass is 102 g/mol. The summed E-state index contributed by atoms with van der Waals surface area (Å²) in [6.07, 6.45) is 0. The van der Waals surface area contributed by atoms with E-state index in [1.54, 1.807) is 0 Å². The van der Waals surface area contributed by atoms with Crippen LogP contribution >= 0.6 is 0 Å². The maximum Gasteiger partial charge on any atom is 0.0753 e. The van der Waals surface area contributed by atoms with Gasteiger partial charge in [-0.1, -0.05) is 0 Å². The minimum Gasteiger partial charge on any atom is -0.329 e. The summed E-state index contributed by atoms with van der Waals surface area (Å²) < 4.78 is 1.14. The van der Waals surface area contributed by atoms with Crippen LogP contribution in [0, 0.1) is 0 Å². The first-order valence-electron chi connectivity index (χ1n) is 2.94. The summed E-state index contributed by atoms with van der Waals surface area (Å²) in [4.78, 5) is 0. The summed E-state index contributed by atoms with van der Waals surface area (Å²) in [5.41, 5.74) is 0. The fraction of sp³-hybridized carbons (Fsp3) is 1.00. The van der Waals surface area contributed by atoms with E-state index in [-0.39, 0.29) is 0 Å². The van der Waals surface area contributed by atoms with Gasteiger partial charge in [0.15, 0.2) is 0 Å². The Balaban J connectivity index is 3.36. The Morgan fingerprint density at radius 1 is 1.00 bits per heavy atom. The number of hydrogen-bond acceptors (Lipinski definition) is 0. The van der Waals surface area contributed by atoms with Crippen LogP contribution in [-0.2, 0) is 0 Å². The van der Waals surface area contributed by atoms with Crippen LogP contribution in [0.2, 0.25) is 0 Å². The van der Waals surface area contributed by atoms with Crippen LogP contribution < -0.4 is 0 Å². The van der Waals surface area contributed by atoms with Gasteiger partial charge in [-0.15, -0.1) is 0 Å². The molecule has 0 aromatic heterocycles. The Bertz CT molecular complexity index is 42.1. The molecule has 0 spiro atoms. The first-order valence-corrected chi connectivity index (χ1v) is 2.94. The highest BCUT2D eigenvalue weighted by atomic mass is 15.3. The topological polar surface area (TPSA) is 0 Å². The Morgan fingerprint density at radius 2 is 1.29 bits per heavy atom. The van der Waals surface area contributed by atoms with Crippen molar-refractivity contribution < 1.29 is 4.48 Å². The first-order chi connectivity index (χ1) is 3.12. The van der Waals surface area contributed by atoms with Gasteiger partial charge in [-0.3, -0.25) is 0 Å². The van der Waals surface area contributed by atoms with Crippen LogP contribution in [0.5, 0.6) is 0 Å². The van der Waals surface area contributed by atoms with Gasteiger partial charge in [0.25, 0.3) is 0 Å². The van der Waals surface area contributed by atoms with Gasteiger partial charge in [0.1, 0.15) is 0 Å². The quantitative estimate of drug-likeness (QED) is 0.458. The first kappa shape index (κ1) is 6.96. The second-order valence-corrected chi connectivity index (χ2v) is 2.57. The van der Waals surface area contributed by atoms with E-state index >= 15 is 0 Å². The van der Waals surface area contributed by atoms with Crippen molar-refractivity contribution in [1.82, 2.24) is 0 Å². The minimum atomic E-state index is 1.14. The van der Waals surface area contributed by atoms with Gasteiger partial charge in [-0.05, 0) is 13.8 Å². The van der Waals surface area contributed by atoms with E-state index in [1.807, 2.05) is 0 Å². The number of nitrogens with zero attached hydrogens (tertiary/aromatic N) is 1. The van der Waals surface area contributed by atoms with E-state index in [1.165, 1.54) is 13.1 Å². The molecule has 0 aliphatic rings. The summed E-state index contributed by atoms with van der Waals surface area (Å²) in [7, 11) is 4.47. The molecule has 0 radical (unpaired) electrons. The van der Waals surface area contributed by atoms with E-state index in [0.717, 1.165) is 4.48 Å². The molecule has 0 N–H and O–H groups in total. The molecule has 0 aliphatic carbocycles. The van der Waals surface area contributed by atoms with E-state index < -0.39 is 0 Å². The zero-order valence-electron chi connectivity index (χ0n) is 5.86. The van der Waals surface area contributed by atoms with Gasteiger partial charge in [-0.2, -0.15) is 0 Å². The van der Waals surface area contributed by atoms with Crippen molar-refractivity contribution >= 4 is 0 Å². The van der Waals surface area contributed by atoms with E-state index in [4.69, 9.17) is 0 Å². The van der Waals surface area contributed by atoms with Crippen molar-refractivity contribution in [3.8, 4) is 0 Å². The zero-order chi connectivity index (χ0) is 5.91. The molecule has 0 aromatic rings. The highest BCUT2D eigenvalue weighted by molar-refractivity contribution is 4.17. The molecule has 0 bridgehead atoms. The maximum absolute atomic E-state index is 2.24. The SMILES string of the molecule is CC[N+](C)(C)CC. The third kappa shape index (κ3) is 2.63. The van der Waals surface area contributed by atoms with Gasteiger partial charge < -0.3 is 4.48 Å². The molecule has 0 heterocycles. The molecule has 0 atom stereocenters. The third-order valence-electron chi connectivity index (χ3n) is 1.71. The highest BCUT2D eigenvalue weighted by Gasteiger charge is 2.04. The smallest absolute Gasteiger partial charge is 0.0753 e. The van der Waals surface area contributed by atoms with Gasteiger partial charge in [0.05, 0.1) is 27.2 Å². The molecule has 0 rings (SSSR count). The number of quaternary nitrogens is 1. The average molecular weight is 102 g/mol. The second-order valence-electron chi connectivity index (χ2n) is 2.57. The zero-order valence-corrected chi connectivity index (χ0v) is 5.86. The standard InChI is InChI=1S/C6H16N/c1-5-7(3,4)6-2/h5-6H2,1-4H3/q+1. The summed E-state index contributed by atoms with van der Waals surface area (Å²) in [5.74, 6) is 0. The minimum absolute atomic E-state index is 1.14. The molecule has 0 saturated carbocycles. The summed E-state index contributed by atoms with van der Waals surface area (Å²) in [5, 5.41) is 0.